The van der Waals surface area contributed by atoms with E-state index in [0.717, 1.165) is 12.5 Å². The van der Waals surface area contributed by atoms with E-state index in [4.69, 9.17) is 0 Å². The number of benzene rings is 1. The summed E-state index contributed by atoms with van der Waals surface area (Å²) in [5.41, 5.74) is 0.104. The lowest BCUT2D eigenvalue weighted by Crippen LogP contribution is -2.45. The minimum Gasteiger partial charge on any atom is -0.465 e. The van der Waals surface area contributed by atoms with E-state index in [2.05, 4.69) is 9.72 Å². The lowest BCUT2D eigenvalue weighted by atomic mass is 9.77. The lowest BCUT2D eigenvalue weighted by Gasteiger charge is -2.39. The van der Waals surface area contributed by atoms with Crippen molar-refractivity contribution in [3.05, 3.63) is 64.5 Å². The standard InChI is InChI=1S/C24H25F2N3O4/c1-15-3-5-17(25)19(20(15)26)22(31)28-10-7-24(8-11-28)9-12-29(14-24)21(30)18-6-4-16(13-27-18)23(32)33-2/h3-6,13H,7-12,14H2,1-2H3. The number of piperidine rings is 1. The highest BCUT2D eigenvalue weighted by Gasteiger charge is 2.43. The van der Waals surface area contributed by atoms with Gasteiger partial charge in [-0.1, -0.05) is 6.07 Å². The Kier molecular flexibility index (Phi) is 6.14. The largest absolute Gasteiger partial charge is 0.465 e. The molecule has 0 N–H and O–H groups in total. The molecule has 9 heteroatoms. The van der Waals surface area contributed by atoms with Crippen LogP contribution in [-0.4, -0.2) is 65.9 Å². The molecule has 174 valence electrons. The van der Waals surface area contributed by atoms with Crippen LogP contribution >= 0.6 is 0 Å². The van der Waals surface area contributed by atoms with Gasteiger partial charge in [0.25, 0.3) is 11.8 Å². The number of likely N-dealkylation sites (tertiary alicyclic amines) is 2. The quantitative estimate of drug-likeness (QED) is 0.662. The first-order valence-electron chi connectivity index (χ1n) is 10.8. The van der Waals surface area contributed by atoms with Crippen LogP contribution in [0.5, 0.6) is 0 Å². The van der Waals surface area contributed by atoms with Crippen molar-refractivity contribution in [1.29, 1.82) is 0 Å². The van der Waals surface area contributed by atoms with E-state index in [1.54, 1.807) is 4.90 Å². The van der Waals surface area contributed by atoms with Gasteiger partial charge < -0.3 is 14.5 Å². The number of amides is 2. The third-order valence-electron chi connectivity index (χ3n) is 6.74. The molecular formula is C24H25F2N3O4. The van der Waals surface area contributed by atoms with Crippen molar-refractivity contribution in [2.45, 2.75) is 26.2 Å². The van der Waals surface area contributed by atoms with Crippen LogP contribution in [-0.2, 0) is 4.74 Å². The average molecular weight is 457 g/mol. The Balaban J connectivity index is 1.39. The van der Waals surface area contributed by atoms with Crippen molar-refractivity contribution < 1.29 is 27.9 Å². The molecule has 7 nitrogen and oxygen atoms in total. The molecule has 1 spiro atoms. The van der Waals surface area contributed by atoms with Crippen LogP contribution in [0.4, 0.5) is 8.78 Å². The van der Waals surface area contributed by atoms with Gasteiger partial charge in [0, 0.05) is 32.4 Å². The van der Waals surface area contributed by atoms with Crippen molar-refractivity contribution in [3.63, 3.8) is 0 Å². The van der Waals surface area contributed by atoms with Crippen LogP contribution in [0.1, 0.15) is 56.0 Å². The number of methoxy groups -OCH3 is 1. The molecule has 4 rings (SSSR count). The number of rotatable bonds is 3. The van der Waals surface area contributed by atoms with Crippen molar-refractivity contribution in [3.8, 4) is 0 Å². The molecule has 2 aromatic rings. The summed E-state index contributed by atoms with van der Waals surface area (Å²) in [6, 6.07) is 5.44. The zero-order chi connectivity index (χ0) is 23.8. The Labute approximate surface area is 190 Å². The maximum atomic E-state index is 14.4. The fraction of sp³-hybridized carbons (Fsp3) is 0.417. The maximum absolute atomic E-state index is 14.4. The molecule has 0 unspecified atom stereocenters. The summed E-state index contributed by atoms with van der Waals surface area (Å²) in [6.45, 7) is 3.34. The first-order chi connectivity index (χ1) is 15.7. The van der Waals surface area contributed by atoms with Gasteiger partial charge in [0.15, 0.2) is 0 Å². The first kappa shape index (κ1) is 22.8. The number of carbonyl (C=O) groups is 3. The van der Waals surface area contributed by atoms with Crippen LogP contribution in [0.25, 0.3) is 0 Å². The van der Waals surface area contributed by atoms with E-state index >= 15 is 0 Å². The molecule has 0 saturated carbocycles. The Morgan fingerprint density at radius 2 is 1.64 bits per heavy atom. The van der Waals surface area contributed by atoms with Gasteiger partial charge in [-0.05, 0) is 55.4 Å². The van der Waals surface area contributed by atoms with Gasteiger partial charge in [-0.15, -0.1) is 0 Å². The molecule has 3 heterocycles. The van der Waals surface area contributed by atoms with Crippen molar-refractivity contribution in [1.82, 2.24) is 14.8 Å². The third kappa shape index (κ3) is 4.31. The van der Waals surface area contributed by atoms with Crippen LogP contribution in [0.15, 0.2) is 30.5 Å². The van der Waals surface area contributed by atoms with E-state index in [1.165, 1.54) is 43.3 Å². The van der Waals surface area contributed by atoms with Crippen LogP contribution in [0.3, 0.4) is 0 Å². The monoisotopic (exact) mass is 457 g/mol. The summed E-state index contributed by atoms with van der Waals surface area (Å²) in [7, 11) is 1.28. The van der Waals surface area contributed by atoms with Crippen molar-refractivity contribution in [2.24, 2.45) is 5.41 Å². The van der Waals surface area contributed by atoms with Gasteiger partial charge in [-0.25, -0.2) is 13.6 Å². The number of pyridine rings is 1. The average Bonchev–Trinajstić information content (AvgIpc) is 3.24. The van der Waals surface area contributed by atoms with Crippen molar-refractivity contribution >= 4 is 17.8 Å². The van der Waals surface area contributed by atoms with Crippen LogP contribution in [0.2, 0.25) is 0 Å². The Morgan fingerprint density at radius 3 is 2.24 bits per heavy atom. The lowest BCUT2D eigenvalue weighted by molar-refractivity contribution is 0.0556. The predicted octanol–water partition coefficient (Wildman–Crippen LogP) is 3.22. The summed E-state index contributed by atoms with van der Waals surface area (Å²) in [5.74, 6) is -3.04. The number of hydrogen-bond donors (Lipinski definition) is 0. The molecule has 2 aliphatic heterocycles. The van der Waals surface area contributed by atoms with E-state index < -0.39 is 29.1 Å². The fourth-order valence-electron chi connectivity index (χ4n) is 4.63. The second-order valence-electron chi connectivity index (χ2n) is 8.75. The minimum absolute atomic E-state index is 0.137. The fourth-order valence-corrected chi connectivity index (χ4v) is 4.63. The minimum atomic E-state index is -0.855. The van der Waals surface area contributed by atoms with E-state index in [1.807, 2.05) is 0 Å². The highest BCUT2D eigenvalue weighted by molar-refractivity contribution is 5.95. The molecule has 2 fully saturated rings. The zero-order valence-corrected chi connectivity index (χ0v) is 18.6. The van der Waals surface area contributed by atoms with E-state index in [-0.39, 0.29) is 28.1 Å². The Morgan fingerprint density at radius 1 is 0.970 bits per heavy atom. The van der Waals surface area contributed by atoms with Gasteiger partial charge in [-0.2, -0.15) is 0 Å². The molecule has 2 aliphatic rings. The number of hydrogen-bond acceptors (Lipinski definition) is 5. The molecule has 33 heavy (non-hydrogen) atoms. The molecule has 0 radical (unpaired) electrons. The van der Waals surface area contributed by atoms with E-state index in [0.29, 0.717) is 39.0 Å². The summed E-state index contributed by atoms with van der Waals surface area (Å²) >= 11 is 0. The number of halogens is 2. The highest BCUT2D eigenvalue weighted by atomic mass is 19.1. The molecule has 0 atom stereocenters. The maximum Gasteiger partial charge on any atom is 0.339 e. The Bertz CT molecular complexity index is 1100. The number of aryl methyl sites for hydroxylation is 1. The van der Waals surface area contributed by atoms with Gasteiger partial charge in [0.2, 0.25) is 0 Å². The number of ether oxygens (including phenoxy) is 1. The topological polar surface area (TPSA) is 79.8 Å². The predicted molar refractivity (Wildman–Crippen MR) is 115 cm³/mol. The SMILES string of the molecule is COC(=O)c1ccc(C(=O)N2CCC3(CCN(C(=O)c4c(F)ccc(C)c4F)CC3)C2)nc1. The van der Waals surface area contributed by atoms with Gasteiger partial charge in [0.05, 0.1) is 12.7 Å². The zero-order valence-electron chi connectivity index (χ0n) is 18.6. The second kappa shape index (κ2) is 8.88. The summed E-state index contributed by atoms with van der Waals surface area (Å²) in [4.78, 5) is 44.5. The normalized spacial score (nSPS) is 17.3. The molecule has 1 aromatic carbocycles. The summed E-state index contributed by atoms with van der Waals surface area (Å²) < 4.78 is 33.2. The Hall–Kier alpha value is -3.36. The number of esters is 1. The van der Waals surface area contributed by atoms with Crippen molar-refractivity contribution in [2.75, 3.05) is 33.3 Å². The van der Waals surface area contributed by atoms with Gasteiger partial charge in [0.1, 0.15) is 22.9 Å². The number of carbonyl (C=O) groups excluding carboxylic acids is 3. The van der Waals surface area contributed by atoms with Crippen LogP contribution in [0, 0.1) is 24.0 Å². The van der Waals surface area contributed by atoms with Crippen LogP contribution < -0.4 is 0 Å². The van der Waals surface area contributed by atoms with Gasteiger partial charge >= 0.3 is 5.97 Å². The first-order valence-corrected chi connectivity index (χ1v) is 10.8. The number of nitrogens with zero attached hydrogens (tertiary/aromatic N) is 3. The van der Waals surface area contributed by atoms with E-state index in [9.17, 15) is 23.2 Å². The second-order valence-corrected chi connectivity index (χ2v) is 8.75. The number of aromatic nitrogens is 1. The smallest absolute Gasteiger partial charge is 0.339 e. The third-order valence-corrected chi connectivity index (χ3v) is 6.74. The molecular weight excluding hydrogens is 432 g/mol. The van der Waals surface area contributed by atoms with Gasteiger partial charge in [-0.3, -0.25) is 14.6 Å². The summed E-state index contributed by atoms with van der Waals surface area (Å²) in [6.07, 6.45) is 3.39. The highest BCUT2D eigenvalue weighted by Crippen LogP contribution is 2.41. The molecule has 2 saturated heterocycles. The molecule has 0 bridgehead atoms. The molecule has 1 aromatic heterocycles. The molecule has 2 amide bonds. The summed E-state index contributed by atoms with van der Waals surface area (Å²) in [5, 5.41) is 0. The molecule has 0 aliphatic carbocycles.